The molecule has 0 aromatic carbocycles. The molecule has 0 unspecified atom stereocenters. The molecule has 0 bridgehead atoms. The summed E-state index contributed by atoms with van der Waals surface area (Å²) in [7, 11) is 0. The molecule has 1 heterocycles. The highest BCUT2D eigenvalue weighted by Gasteiger charge is 2.36. The van der Waals surface area contributed by atoms with Crippen LogP contribution in [0.3, 0.4) is 0 Å². The summed E-state index contributed by atoms with van der Waals surface area (Å²) in [5, 5.41) is 12.5. The summed E-state index contributed by atoms with van der Waals surface area (Å²) in [5.41, 5.74) is 0.862. The Kier molecular flexibility index (Phi) is 2.33. The third kappa shape index (κ3) is 1.85. The van der Waals surface area contributed by atoms with Crippen LogP contribution in [0.2, 0.25) is 0 Å². The average molecular weight is 223 g/mol. The summed E-state index contributed by atoms with van der Waals surface area (Å²) in [6, 6.07) is 0. The molecule has 86 valence electrons. The molecule has 0 fully saturated rings. The topological polar surface area (TPSA) is 80.4 Å². The number of carbonyl (C=O) groups is 2. The lowest BCUT2D eigenvalue weighted by Crippen LogP contribution is -2.27. The van der Waals surface area contributed by atoms with Crippen LogP contribution in [-0.2, 0) is 17.6 Å². The maximum atomic E-state index is 11.9. The van der Waals surface area contributed by atoms with E-state index in [0.717, 1.165) is 0 Å². The van der Waals surface area contributed by atoms with Crippen LogP contribution in [-0.4, -0.2) is 22.0 Å². The van der Waals surface area contributed by atoms with Crippen LogP contribution in [0.1, 0.15) is 42.1 Å². The molecule has 1 aromatic rings. The fourth-order valence-electron chi connectivity index (χ4n) is 2.10. The lowest BCUT2D eigenvalue weighted by atomic mass is 9.75. The Morgan fingerprint density at radius 1 is 1.50 bits per heavy atom. The zero-order valence-corrected chi connectivity index (χ0v) is 9.24. The first-order valence-electron chi connectivity index (χ1n) is 5.11. The molecule has 5 nitrogen and oxygen atoms in total. The molecule has 1 aromatic heterocycles. The quantitative estimate of drug-likeness (QED) is 0.820. The summed E-state index contributed by atoms with van der Waals surface area (Å²) in [6.45, 7) is 3.97. The van der Waals surface area contributed by atoms with Crippen LogP contribution in [0.25, 0.3) is 0 Å². The van der Waals surface area contributed by atoms with Gasteiger partial charge in [0.05, 0.1) is 11.3 Å². The third-order valence-corrected chi connectivity index (χ3v) is 2.71. The van der Waals surface area contributed by atoms with Crippen molar-refractivity contribution >= 4 is 11.8 Å². The molecule has 0 aliphatic heterocycles. The Balaban J connectivity index is 2.39. The van der Waals surface area contributed by atoms with Gasteiger partial charge in [0.15, 0.2) is 11.5 Å². The number of aromatic nitrogens is 1. The van der Waals surface area contributed by atoms with Crippen molar-refractivity contribution < 1.29 is 19.2 Å². The molecule has 0 atom stereocenters. The van der Waals surface area contributed by atoms with Gasteiger partial charge in [-0.2, -0.15) is 0 Å². The number of hydrogen-bond donors (Lipinski definition) is 1. The summed E-state index contributed by atoms with van der Waals surface area (Å²) in [5.74, 6) is -0.900. The maximum Gasteiger partial charge on any atom is 0.311 e. The van der Waals surface area contributed by atoms with E-state index in [2.05, 4.69) is 5.16 Å². The molecule has 1 aliphatic carbocycles. The number of fused-ring (bicyclic) bond motifs is 1. The van der Waals surface area contributed by atoms with Crippen LogP contribution in [0.4, 0.5) is 0 Å². The molecule has 1 N–H and O–H groups in total. The number of carboxylic acid groups (broad SMARTS) is 1. The van der Waals surface area contributed by atoms with E-state index < -0.39 is 5.97 Å². The second kappa shape index (κ2) is 3.43. The van der Waals surface area contributed by atoms with E-state index in [4.69, 9.17) is 9.63 Å². The Hall–Kier alpha value is -1.65. The Bertz CT molecular complexity index is 459. The first kappa shape index (κ1) is 10.9. The minimum Gasteiger partial charge on any atom is -0.481 e. The van der Waals surface area contributed by atoms with Gasteiger partial charge in [0.25, 0.3) is 0 Å². The number of hydrogen-bond acceptors (Lipinski definition) is 4. The zero-order valence-electron chi connectivity index (χ0n) is 9.24. The number of rotatable bonds is 2. The Morgan fingerprint density at radius 3 is 2.81 bits per heavy atom. The number of Topliss-reactive ketones (excluding diaryl/α,β-unsaturated/α-hetero) is 1. The molecule has 16 heavy (non-hydrogen) atoms. The number of aliphatic carboxylic acids is 1. The van der Waals surface area contributed by atoms with Gasteiger partial charge in [-0.05, 0) is 11.8 Å². The van der Waals surface area contributed by atoms with Gasteiger partial charge < -0.3 is 9.63 Å². The van der Waals surface area contributed by atoms with Gasteiger partial charge >= 0.3 is 5.97 Å². The summed E-state index contributed by atoms with van der Waals surface area (Å²) < 4.78 is 4.94. The second-order valence-corrected chi connectivity index (χ2v) is 4.94. The first-order valence-corrected chi connectivity index (χ1v) is 5.11. The molecule has 0 saturated carbocycles. The summed E-state index contributed by atoms with van der Waals surface area (Å²) in [6.07, 6.45) is 0.777. The van der Waals surface area contributed by atoms with E-state index in [-0.39, 0.29) is 23.4 Å². The lowest BCUT2D eigenvalue weighted by Gasteiger charge is -2.26. The molecule has 0 saturated heterocycles. The number of carbonyl (C=O) groups excluding carboxylic acids is 1. The van der Waals surface area contributed by atoms with Crippen molar-refractivity contribution in [3.05, 3.63) is 17.0 Å². The van der Waals surface area contributed by atoms with E-state index in [9.17, 15) is 9.59 Å². The minimum absolute atomic E-state index is 0.0660. The SMILES string of the molecule is CC1(C)CC(=O)c2c(noc2CC(=O)O)C1. The molecule has 0 radical (unpaired) electrons. The van der Waals surface area contributed by atoms with Crippen LogP contribution in [0, 0.1) is 5.41 Å². The van der Waals surface area contributed by atoms with Crippen LogP contribution in [0.15, 0.2) is 4.52 Å². The van der Waals surface area contributed by atoms with E-state index >= 15 is 0 Å². The molecule has 2 rings (SSSR count). The van der Waals surface area contributed by atoms with Crippen molar-refractivity contribution in [1.82, 2.24) is 5.16 Å². The highest BCUT2D eigenvalue weighted by Crippen LogP contribution is 2.35. The third-order valence-electron chi connectivity index (χ3n) is 2.71. The Morgan fingerprint density at radius 2 is 2.19 bits per heavy atom. The largest absolute Gasteiger partial charge is 0.481 e. The van der Waals surface area contributed by atoms with Crippen LogP contribution < -0.4 is 0 Å². The van der Waals surface area contributed by atoms with Crippen molar-refractivity contribution in [3.63, 3.8) is 0 Å². The van der Waals surface area contributed by atoms with Gasteiger partial charge in [0.1, 0.15) is 6.42 Å². The Labute approximate surface area is 92.4 Å². The van der Waals surface area contributed by atoms with Crippen LogP contribution in [0.5, 0.6) is 0 Å². The minimum atomic E-state index is -1.02. The van der Waals surface area contributed by atoms with Gasteiger partial charge in [0, 0.05) is 6.42 Å². The monoisotopic (exact) mass is 223 g/mol. The highest BCUT2D eigenvalue weighted by atomic mass is 16.5. The predicted octanol–water partition coefficient (Wildman–Crippen LogP) is 1.46. The molecule has 0 spiro atoms. The van der Waals surface area contributed by atoms with Gasteiger partial charge in [-0.1, -0.05) is 19.0 Å². The van der Waals surface area contributed by atoms with E-state index in [1.165, 1.54) is 0 Å². The maximum absolute atomic E-state index is 11.9. The zero-order chi connectivity index (χ0) is 11.9. The van der Waals surface area contributed by atoms with Crippen molar-refractivity contribution in [2.45, 2.75) is 33.1 Å². The highest BCUT2D eigenvalue weighted by molar-refractivity contribution is 6.00. The fraction of sp³-hybridized carbons (Fsp3) is 0.545. The molecule has 0 amide bonds. The van der Waals surface area contributed by atoms with Gasteiger partial charge in [0.2, 0.25) is 0 Å². The molecule has 1 aliphatic rings. The van der Waals surface area contributed by atoms with Crippen LogP contribution >= 0.6 is 0 Å². The molecular formula is C11H13NO4. The average Bonchev–Trinajstić information content (AvgIpc) is 2.44. The summed E-state index contributed by atoms with van der Waals surface area (Å²) in [4.78, 5) is 22.5. The van der Waals surface area contributed by atoms with Gasteiger partial charge in [-0.3, -0.25) is 9.59 Å². The second-order valence-electron chi connectivity index (χ2n) is 4.94. The smallest absolute Gasteiger partial charge is 0.311 e. The fourth-order valence-corrected chi connectivity index (χ4v) is 2.10. The lowest BCUT2D eigenvalue weighted by molar-refractivity contribution is -0.136. The van der Waals surface area contributed by atoms with Crippen molar-refractivity contribution in [2.24, 2.45) is 5.41 Å². The van der Waals surface area contributed by atoms with Gasteiger partial charge in [-0.15, -0.1) is 0 Å². The van der Waals surface area contributed by atoms with E-state index in [0.29, 0.717) is 24.1 Å². The standard InChI is InChI=1S/C11H13NO4/c1-11(2)4-6-10(7(13)5-11)8(16-12-6)3-9(14)15/h3-5H2,1-2H3,(H,14,15). The number of nitrogens with zero attached hydrogens (tertiary/aromatic N) is 1. The molecule has 5 heteroatoms. The van der Waals surface area contributed by atoms with E-state index in [1.807, 2.05) is 13.8 Å². The van der Waals surface area contributed by atoms with E-state index in [1.54, 1.807) is 0 Å². The first-order chi connectivity index (χ1) is 7.39. The number of ketones is 1. The van der Waals surface area contributed by atoms with Crippen molar-refractivity contribution in [3.8, 4) is 0 Å². The molecular weight excluding hydrogens is 210 g/mol. The van der Waals surface area contributed by atoms with Crippen molar-refractivity contribution in [1.29, 1.82) is 0 Å². The predicted molar refractivity (Wildman–Crippen MR) is 54.3 cm³/mol. The number of carboxylic acids is 1. The van der Waals surface area contributed by atoms with Gasteiger partial charge in [-0.25, -0.2) is 0 Å². The normalized spacial score (nSPS) is 18.2. The van der Waals surface area contributed by atoms with Crippen molar-refractivity contribution in [2.75, 3.05) is 0 Å². The summed E-state index contributed by atoms with van der Waals surface area (Å²) >= 11 is 0.